The Morgan fingerprint density at radius 3 is 2.55 bits per heavy atom. The topological polar surface area (TPSA) is 21.3 Å². The highest BCUT2D eigenvalue weighted by Crippen LogP contribution is 2.31. The van der Waals surface area contributed by atoms with Gasteiger partial charge in [-0.3, -0.25) is 0 Å². The second-order valence-electron chi connectivity index (χ2n) is 5.94. The third-order valence-corrected chi connectivity index (χ3v) is 4.97. The van der Waals surface area contributed by atoms with Crippen LogP contribution in [-0.2, 0) is 4.74 Å². The lowest BCUT2D eigenvalue weighted by molar-refractivity contribution is 0.0228. The molecule has 20 heavy (non-hydrogen) atoms. The van der Waals surface area contributed by atoms with E-state index in [0.29, 0.717) is 21.5 Å². The van der Waals surface area contributed by atoms with Gasteiger partial charge < -0.3 is 10.1 Å². The molecular formula is C16H23Cl2NO. The van der Waals surface area contributed by atoms with Gasteiger partial charge in [0.1, 0.15) is 0 Å². The van der Waals surface area contributed by atoms with Crippen LogP contribution in [0.25, 0.3) is 0 Å². The van der Waals surface area contributed by atoms with E-state index in [1.165, 1.54) is 5.56 Å². The van der Waals surface area contributed by atoms with E-state index in [1.54, 1.807) is 0 Å². The third kappa shape index (κ3) is 4.11. The second-order valence-corrected chi connectivity index (χ2v) is 6.75. The van der Waals surface area contributed by atoms with Crippen molar-refractivity contribution in [2.45, 2.75) is 39.2 Å². The fraction of sp³-hybridized carbons (Fsp3) is 0.625. The molecule has 1 atom stereocenters. The number of hydrogen-bond acceptors (Lipinski definition) is 2. The molecule has 1 aliphatic heterocycles. The third-order valence-electron chi connectivity index (χ3n) is 4.23. The summed E-state index contributed by atoms with van der Waals surface area (Å²) in [5, 5.41) is 4.92. The maximum absolute atomic E-state index is 6.11. The van der Waals surface area contributed by atoms with Crippen molar-refractivity contribution in [3.63, 3.8) is 0 Å². The fourth-order valence-electron chi connectivity index (χ4n) is 2.64. The highest BCUT2D eigenvalue weighted by Gasteiger charge is 2.27. The van der Waals surface area contributed by atoms with Crippen LogP contribution < -0.4 is 5.32 Å². The zero-order chi connectivity index (χ0) is 14.6. The predicted octanol–water partition coefficient (Wildman–Crippen LogP) is 4.85. The summed E-state index contributed by atoms with van der Waals surface area (Å²) < 4.78 is 5.45. The van der Waals surface area contributed by atoms with Crippen molar-refractivity contribution in [1.82, 2.24) is 5.32 Å². The Bertz CT molecular complexity index is 444. The van der Waals surface area contributed by atoms with Gasteiger partial charge in [-0.15, -0.1) is 0 Å². The molecule has 1 saturated heterocycles. The highest BCUT2D eigenvalue weighted by molar-refractivity contribution is 6.42. The maximum Gasteiger partial charge on any atom is 0.0595 e. The van der Waals surface area contributed by atoms with Crippen molar-refractivity contribution < 1.29 is 4.74 Å². The SMILES string of the molecule is CCC(NCC1(C)CCOCC1)c1ccc(Cl)c(Cl)c1. The van der Waals surface area contributed by atoms with Crippen LogP contribution in [-0.4, -0.2) is 19.8 Å². The summed E-state index contributed by atoms with van der Waals surface area (Å²) >= 11 is 12.1. The van der Waals surface area contributed by atoms with Gasteiger partial charge in [0.05, 0.1) is 10.0 Å². The minimum atomic E-state index is 0.324. The molecule has 1 N–H and O–H groups in total. The first kappa shape index (κ1) is 16.1. The molecule has 1 aliphatic rings. The Hall–Kier alpha value is -0.280. The van der Waals surface area contributed by atoms with Crippen LogP contribution in [0.15, 0.2) is 18.2 Å². The van der Waals surface area contributed by atoms with Crippen LogP contribution in [0.1, 0.15) is 44.7 Å². The minimum Gasteiger partial charge on any atom is -0.381 e. The van der Waals surface area contributed by atoms with E-state index < -0.39 is 0 Å². The van der Waals surface area contributed by atoms with E-state index in [-0.39, 0.29) is 0 Å². The molecule has 1 fully saturated rings. The van der Waals surface area contributed by atoms with E-state index in [9.17, 15) is 0 Å². The molecule has 4 heteroatoms. The first-order chi connectivity index (χ1) is 9.54. The molecule has 0 bridgehead atoms. The molecular weight excluding hydrogens is 293 g/mol. The van der Waals surface area contributed by atoms with Crippen LogP contribution in [0.4, 0.5) is 0 Å². The largest absolute Gasteiger partial charge is 0.381 e. The molecule has 2 nitrogen and oxygen atoms in total. The summed E-state index contributed by atoms with van der Waals surface area (Å²) in [6, 6.07) is 6.23. The van der Waals surface area contributed by atoms with Crippen LogP contribution in [0.3, 0.4) is 0 Å². The van der Waals surface area contributed by atoms with Gasteiger partial charge in [-0.05, 0) is 42.4 Å². The van der Waals surface area contributed by atoms with E-state index in [2.05, 4.69) is 25.2 Å². The first-order valence-electron chi connectivity index (χ1n) is 7.30. The standard InChI is InChI=1S/C16H23Cl2NO/c1-3-15(12-4-5-13(17)14(18)10-12)19-11-16(2)6-8-20-9-7-16/h4-5,10,15,19H,3,6-9,11H2,1-2H3. The smallest absolute Gasteiger partial charge is 0.0595 e. The molecule has 1 unspecified atom stereocenters. The minimum absolute atomic E-state index is 0.324. The Kier molecular flexibility index (Phi) is 5.74. The Morgan fingerprint density at radius 2 is 1.95 bits per heavy atom. The summed E-state index contributed by atoms with van der Waals surface area (Å²) in [7, 11) is 0. The molecule has 1 heterocycles. The zero-order valence-corrected chi connectivity index (χ0v) is 13.7. The Morgan fingerprint density at radius 1 is 1.25 bits per heavy atom. The van der Waals surface area contributed by atoms with E-state index in [1.807, 2.05) is 12.1 Å². The lowest BCUT2D eigenvalue weighted by Gasteiger charge is -2.35. The zero-order valence-electron chi connectivity index (χ0n) is 12.2. The van der Waals surface area contributed by atoms with Crippen molar-refractivity contribution in [2.24, 2.45) is 5.41 Å². The average molecular weight is 316 g/mol. The van der Waals surface area contributed by atoms with Crippen LogP contribution in [0, 0.1) is 5.41 Å². The number of halogens is 2. The lowest BCUT2D eigenvalue weighted by atomic mass is 9.82. The summed E-state index contributed by atoms with van der Waals surface area (Å²) in [6.45, 7) is 7.29. The Balaban J connectivity index is 1.99. The van der Waals surface area contributed by atoms with Crippen LogP contribution in [0.2, 0.25) is 10.0 Å². The monoisotopic (exact) mass is 315 g/mol. The molecule has 0 aliphatic carbocycles. The van der Waals surface area contributed by atoms with Gasteiger partial charge in [-0.1, -0.05) is 43.1 Å². The first-order valence-corrected chi connectivity index (χ1v) is 8.06. The van der Waals surface area contributed by atoms with Gasteiger partial charge in [-0.2, -0.15) is 0 Å². The van der Waals surface area contributed by atoms with E-state index in [4.69, 9.17) is 27.9 Å². The van der Waals surface area contributed by atoms with Gasteiger partial charge in [0, 0.05) is 25.8 Å². The molecule has 0 amide bonds. The quantitative estimate of drug-likeness (QED) is 0.838. The van der Waals surface area contributed by atoms with Crippen molar-refractivity contribution in [1.29, 1.82) is 0 Å². The van der Waals surface area contributed by atoms with Crippen molar-refractivity contribution in [2.75, 3.05) is 19.8 Å². The van der Waals surface area contributed by atoms with Crippen LogP contribution >= 0.6 is 23.2 Å². The normalized spacial score (nSPS) is 19.8. The number of benzene rings is 1. The van der Waals surface area contributed by atoms with Gasteiger partial charge >= 0.3 is 0 Å². The molecule has 1 aromatic rings. The fourth-order valence-corrected chi connectivity index (χ4v) is 2.94. The predicted molar refractivity (Wildman–Crippen MR) is 85.7 cm³/mol. The molecule has 112 valence electrons. The van der Waals surface area contributed by atoms with E-state index in [0.717, 1.165) is 39.0 Å². The van der Waals surface area contributed by atoms with Gasteiger partial charge in [0.2, 0.25) is 0 Å². The molecule has 0 radical (unpaired) electrons. The number of rotatable bonds is 5. The summed E-state index contributed by atoms with van der Waals surface area (Å²) in [5.74, 6) is 0. The summed E-state index contributed by atoms with van der Waals surface area (Å²) in [5.41, 5.74) is 1.54. The second kappa shape index (κ2) is 7.13. The maximum atomic E-state index is 6.11. The molecule has 0 aromatic heterocycles. The van der Waals surface area contributed by atoms with Crippen molar-refractivity contribution >= 4 is 23.2 Å². The van der Waals surface area contributed by atoms with E-state index >= 15 is 0 Å². The number of nitrogens with one attached hydrogen (secondary N) is 1. The highest BCUT2D eigenvalue weighted by atomic mass is 35.5. The van der Waals surface area contributed by atoms with Gasteiger partial charge in [-0.25, -0.2) is 0 Å². The van der Waals surface area contributed by atoms with Crippen LogP contribution in [0.5, 0.6) is 0 Å². The molecule has 1 aromatic carbocycles. The molecule has 2 rings (SSSR count). The number of hydrogen-bond donors (Lipinski definition) is 1. The Labute approximate surface area is 131 Å². The van der Waals surface area contributed by atoms with Gasteiger partial charge in [0.25, 0.3) is 0 Å². The molecule has 0 saturated carbocycles. The lowest BCUT2D eigenvalue weighted by Crippen LogP contribution is -2.38. The van der Waals surface area contributed by atoms with Crippen molar-refractivity contribution in [3.8, 4) is 0 Å². The van der Waals surface area contributed by atoms with Gasteiger partial charge in [0.15, 0.2) is 0 Å². The summed E-state index contributed by atoms with van der Waals surface area (Å²) in [6.07, 6.45) is 3.28. The van der Waals surface area contributed by atoms with Crippen molar-refractivity contribution in [3.05, 3.63) is 33.8 Å². The summed E-state index contributed by atoms with van der Waals surface area (Å²) in [4.78, 5) is 0. The average Bonchev–Trinajstić information content (AvgIpc) is 2.44. The molecule has 0 spiro atoms. The number of ether oxygens (including phenoxy) is 1.